The number of methoxy groups -OCH3 is 1. The van der Waals surface area contributed by atoms with Gasteiger partial charge in [0.05, 0.1) is 34.8 Å². The molecule has 0 radical (unpaired) electrons. The Labute approximate surface area is 177 Å². The highest BCUT2D eigenvalue weighted by Gasteiger charge is 2.35. The minimum absolute atomic E-state index is 0.0638. The molecule has 1 N–H and O–H groups in total. The van der Waals surface area contributed by atoms with Crippen molar-refractivity contribution in [2.24, 2.45) is 0 Å². The highest BCUT2D eigenvalue weighted by atomic mass is 35.5. The zero-order chi connectivity index (χ0) is 22.5. The van der Waals surface area contributed by atoms with E-state index in [1.54, 1.807) is 31.2 Å². The third kappa shape index (κ3) is 5.65. The lowest BCUT2D eigenvalue weighted by Gasteiger charge is -2.22. The van der Waals surface area contributed by atoms with Gasteiger partial charge in [0.1, 0.15) is 5.75 Å². The second-order valence-electron chi connectivity index (χ2n) is 6.23. The fraction of sp³-hybridized carbons (Fsp3) is 0.316. The number of carbonyl (C=O) groups excluding carboxylic acids is 1. The standard InChI is InChI=1S/C19H20ClF3N2O4S/c1-3-10-25(12-18(26)24-16-6-4-5-7-17(16)29-2)30(27,28)13-8-9-15(20)14(11-13)19(21,22)23/h4-9,11H,3,10,12H2,1-2H3,(H,24,26). The molecule has 30 heavy (non-hydrogen) atoms. The number of hydrogen-bond acceptors (Lipinski definition) is 4. The van der Waals surface area contributed by atoms with Crippen LogP contribution in [0, 0.1) is 0 Å². The van der Waals surface area contributed by atoms with Gasteiger partial charge in [-0.05, 0) is 36.8 Å². The van der Waals surface area contributed by atoms with E-state index in [1.807, 2.05) is 0 Å². The van der Waals surface area contributed by atoms with Gasteiger partial charge in [0.15, 0.2) is 0 Å². The van der Waals surface area contributed by atoms with Crippen molar-refractivity contribution in [1.29, 1.82) is 0 Å². The Morgan fingerprint density at radius 1 is 1.20 bits per heavy atom. The van der Waals surface area contributed by atoms with Crippen molar-refractivity contribution in [3.63, 3.8) is 0 Å². The smallest absolute Gasteiger partial charge is 0.417 e. The number of nitrogens with zero attached hydrogens (tertiary/aromatic N) is 1. The van der Waals surface area contributed by atoms with Crippen LogP contribution in [0.3, 0.4) is 0 Å². The zero-order valence-corrected chi connectivity index (χ0v) is 17.7. The molecule has 0 heterocycles. The van der Waals surface area contributed by atoms with Crippen LogP contribution in [0.1, 0.15) is 18.9 Å². The van der Waals surface area contributed by atoms with E-state index in [2.05, 4.69) is 5.32 Å². The van der Waals surface area contributed by atoms with Crippen molar-refractivity contribution in [3.05, 3.63) is 53.1 Å². The summed E-state index contributed by atoms with van der Waals surface area (Å²) in [5.41, 5.74) is -0.926. The first-order chi connectivity index (χ1) is 14.0. The number of ether oxygens (including phenoxy) is 1. The predicted octanol–water partition coefficient (Wildman–Crippen LogP) is 4.41. The van der Waals surface area contributed by atoms with E-state index in [4.69, 9.17) is 16.3 Å². The summed E-state index contributed by atoms with van der Waals surface area (Å²) in [4.78, 5) is 11.9. The molecule has 0 fully saturated rings. The Morgan fingerprint density at radius 2 is 1.87 bits per heavy atom. The van der Waals surface area contributed by atoms with Gasteiger partial charge < -0.3 is 10.1 Å². The molecule has 0 spiro atoms. The van der Waals surface area contributed by atoms with Crippen LogP contribution in [0.15, 0.2) is 47.4 Å². The first-order valence-corrected chi connectivity index (χ1v) is 10.6. The molecular formula is C19H20ClF3N2O4S. The lowest BCUT2D eigenvalue weighted by molar-refractivity contribution is -0.137. The number of rotatable bonds is 8. The number of anilines is 1. The van der Waals surface area contributed by atoms with Crippen LogP contribution in [-0.4, -0.2) is 38.8 Å². The summed E-state index contributed by atoms with van der Waals surface area (Å²) in [6, 6.07) is 8.86. The summed E-state index contributed by atoms with van der Waals surface area (Å²) in [6.45, 7) is 1.04. The molecule has 2 aromatic rings. The summed E-state index contributed by atoms with van der Waals surface area (Å²) < 4.78 is 71.2. The molecule has 6 nitrogen and oxygen atoms in total. The molecule has 0 unspecified atom stereocenters. The fourth-order valence-electron chi connectivity index (χ4n) is 2.66. The number of sulfonamides is 1. The fourth-order valence-corrected chi connectivity index (χ4v) is 4.40. The van der Waals surface area contributed by atoms with Crippen molar-refractivity contribution in [1.82, 2.24) is 4.31 Å². The summed E-state index contributed by atoms with van der Waals surface area (Å²) in [5.74, 6) is -0.287. The third-order valence-electron chi connectivity index (χ3n) is 4.06. The topological polar surface area (TPSA) is 75.7 Å². The van der Waals surface area contributed by atoms with Gasteiger partial charge in [0.2, 0.25) is 15.9 Å². The van der Waals surface area contributed by atoms with Gasteiger partial charge in [-0.3, -0.25) is 4.79 Å². The molecular weight excluding hydrogens is 445 g/mol. The zero-order valence-electron chi connectivity index (χ0n) is 16.2. The molecule has 0 aliphatic carbocycles. The Bertz CT molecular complexity index is 1010. The average molecular weight is 465 g/mol. The SMILES string of the molecule is CCCN(CC(=O)Nc1ccccc1OC)S(=O)(=O)c1ccc(Cl)c(C(F)(F)F)c1. The van der Waals surface area contributed by atoms with Gasteiger partial charge in [0, 0.05) is 6.54 Å². The second-order valence-corrected chi connectivity index (χ2v) is 8.57. The van der Waals surface area contributed by atoms with Crippen LogP contribution in [0.4, 0.5) is 18.9 Å². The Morgan fingerprint density at radius 3 is 2.47 bits per heavy atom. The monoisotopic (exact) mass is 464 g/mol. The molecule has 0 aliphatic rings. The molecule has 0 saturated heterocycles. The minimum atomic E-state index is -4.82. The number of alkyl halides is 3. The van der Waals surface area contributed by atoms with E-state index in [0.717, 1.165) is 16.4 Å². The Hall–Kier alpha value is -2.30. The normalized spacial score (nSPS) is 12.1. The highest BCUT2D eigenvalue weighted by molar-refractivity contribution is 7.89. The van der Waals surface area contributed by atoms with E-state index in [-0.39, 0.29) is 6.54 Å². The first kappa shape index (κ1) is 24.0. The van der Waals surface area contributed by atoms with E-state index >= 15 is 0 Å². The number of halogens is 4. The Kier molecular flexibility index (Phi) is 7.73. The average Bonchev–Trinajstić information content (AvgIpc) is 2.67. The van der Waals surface area contributed by atoms with Crippen molar-refractivity contribution in [3.8, 4) is 5.75 Å². The van der Waals surface area contributed by atoms with Gasteiger partial charge in [-0.15, -0.1) is 0 Å². The summed E-state index contributed by atoms with van der Waals surface area (Å²) in [6.07, 6.45) is -4.47. The number of benzene rings is 2. The molecule has 2 aromatic carbocycles. The molecule has 0 bridgehead atoms. The lowest BCUT2D eigenvalue weighted by Crippen LogP contribution is -2.38. The van der Waals surface area contributed by atoms with Crippen LogP contribution < -0.4 is 10.1 Å². The third-order valence-corrected chi connectivity index (χ3v) is 6.23. The van der Waals surface area contributed by atoms with E-state index in [1.165, 1.54) is 7.11 Å². The number of carbonyl (C=O) groups is 1. The maximum Gasteiger partial charge on any atom is 0.417 e. The molecule has 0 saturated carbocycles. The highest BCUT2D eigenvalue weighted by Crippen LogP contribution is 2.36. The largest absolute Gasteiger partial charge is 0.495 e. The van der Waals surface area contributed by atoms with Crippen LogP contribution in [0.25, 0.3) is 0 Å². The maximum atomic E-state index is 13.1. The number of para-hydroxylation sites is 2. The first-order valence-electron chi connectivity index (χ1n) is 8.80. The van der Waals surface area contributed by atoms with Crippen LogP contribution in [0.5, 0.6) is 5.75 Å². The van der Waals surface area contributed by atoms with Gasteiger partial charge in [-0.25, -0.2) is 8.42 Å². The quantitative estimate of drug-likeness (QED) is 0.628. The summed E-state index contributed by atoms with van der Waals surface area (Å²) in [7, 11) is -2.97. The van der Waals surface area contributed by atoms with E-state index < -0.39 is 44.1 Å². The molecule has 0 aromatic heterocycles. The lowest BCUT2D eigenvalue weighted by atomic mass is 10.2. The summed E-state index contributed by atoms with van der Waals surface area (Å²) >= 11 is 5.57. The predicted molar refractivity (Wildman–Crippen MR) is 107 cm³/mol. The van der Waals surface area contributed by atoms with Gasteiger partial charge in [-0.2, -0.15) is 17.5 Å². The summed E-state index contributed by atoms with van der Waals surface area (Å²) in [5, 5.41) is 1.93. The maximum absolute atomic E-state index is 13.1. The van der Waals surface area contributed by atoms with Gasteiger partial charge in [0.25, 0.3) is 0 Å². The van der Waals surface area contributed by atoms with Crippen molar-refractivity contribution >= 4 is 33.2 Å². The molecule has 2 rings (SSSR count). The second kappa shape index (κ2) is 9.67. The van der Waals surface area contributed by atoms with Crippen LogP contribution in [-0.2, 0) is 21.0 Å². The van der Waals surface area contributed by atoms with Gasteiger partial charge >= 0.3 is 6.18 Å². The number of nitrogens with one attached hydrogen (secondary N) is 1. The minimum Gasteiger partial charge on any atom is -0.495 e. The molecule has 11 heteroatoms. The number of amides is 1. The van der Waals surface area contributed by atoms with E-state index in [0.29, 0.717) is 23.9 Å². The molecule has 0 aliphatic heterocycles. The van der Waals surface area contributed by atoms with Gasteiger partial charge in [-0.1, -0.05) is 30.7 Å². The van der Waals surface area contributed by atoms with Crippen LogP contribution in [0.2, 0.25) is 5.02 Å². The van der Waals surface area contributed by atoms with Crippen LogP contribution >= 0.6 is 11.6 Å². The van der Waals surface area contributed by atoms with Crippen molar-refractivity contribution < 1.29 is 31.1 Å². The number of hydrogen-bond donors (Lipinski definition) is 1. The molecule has 1 amide bonds. The molecule has 164 valence electrons. The Balaban J connectivity index is 2.31. The van der Waals surface area contributed by atoms with E-state index in [9.17, 15) is 26.4 Å². The van der Waals surface area contributed by atoms with Crippen molar-refractivity contribution in [2.45, 2.75) is 24.4 Å². The van der Waals surface area contributed by atoms with Crippen molar-refractivity contribution in [2.75, 3.05) is 25.5 Å². The molecule has 0 atom stereocenters.